The Hall–Kier alpha value is -3.18. The fourth-order valence-electron chi connectivity index (χ4n) is 4.59. The maximum Gasteiger partial charge on any atom is 0.306 e. The molecule has 0 aliphatic carbocycles. The van der Waals surface area contributed by atoms with Gasteiger partial charge in [-0.15, -0.1) is 0 Å². The lowest BCUT2D eigenvalue weighted by Gasteiger charge is -2.15. The van der Waals surface area contributed by atoms with Crippen molar-refractivity contribution < 1.29 is 24.2 Å². The Bertz CT molecular complexity index is 979. The van der Waals surface area contributed by atoms with Gasteiger partial charge in [-0.3, -0.25) is 9.59 Å². The highest BCUT2D eigenvalue weighted by atomic mass is 16.6. The van der Waals surface area contributed by atoms with Crippen molar-refractivity contribution in [2.24, 2.45) is 0 Å². The summed E-state index contributed by atoms with van der Waals surface area (Å²) >= 11 is 0. The lowest BCUT2D eigenvalue weighted by molar-refractivity contribution is -0.161. The molecule has 0 bridgehead atoms. The van der Waals surface area contributed by atoms with Crippen molar-refractivity contribution in [3.63, 3.8) is 0 Å². The maximum absolute atomic E-state index is 12.1. The summed E-state index contributed by atoms with van der Waals surface area (Å²) in [5, 5.41) is 9.54. The van der Waals surface area contributed by atoms with E-state index in [0.717, 1.165) is 116 Å². The monoisotopic (exact) mass is 665 g/mol. The van der Waals surface area contributed by atoms with Crippen LogP contribution in [0.25, 0.3) is 0 Å². The summed E-state index contributed by atoms with van der Waals surface area (Å²) in [5.74, 6) is -0.660. The zero-order valence-corrected chi connectivity index (χ0v) is 30.5. The average molecular weight is 665 g/mol. The summed E-state index contributed by atoms with van der Waals surface area (Å²) in [6.07, 6.45) is 53.2. The summed E-state index contributed by atoms with van der Waals surface area (Å²) in [7, 11) is 0. The van der Waals surface area contributed by atoms with Crippen molar-refractivity contribution in [1.82, 2.24) is 0 Å². The molecular formula is C43H68O5. The van der Waals surface area contributed by atoms with Crippen LogP contribution in [0, 0.1) is 0 Å². The second kappa shape index (κ2) is 38.3. The molecule has 0 fully saturated rings. The molecule has 0 aromatic rings. The first-order valence-corrected chi connectivity index (χ1v) is 18.8. The molecule has 0 aliphatic heterocycles. The Kier molecular flexibility index (Phi) is 35.7. The van der Waals surface area contributed by atoms with E-state index in [2.05, 4.69) is 111 Å². The van der Waals surface area contributed by atoms with Crippen molar-refractivity contribution in [3.05, 3.63) is 97.2 Å². The number of carbonyl (C=O) groups excluding carboxylic acids is 2. The number of aliphatic hydroxyl groups excluding tert-OH is 1. The summed E-state index contributed by atoms with van der Waals surface area (Å²) < 4.78 is 10.6. The Morgan fingerprint density at radius 3 is 1.27 bits per heavy atom. The minimum atomic E-state index is -0.800. The summed E-state index contributed by atoms with van der Waals surface area (Å²) in [6, 6.07) is 0. The molecule has 0 aromatic heterocycles. The Labute approximate surface area is 294 Å². The number of carbonyl (C=O) groups is 2. The number of unbranched alkanes of at least 4 members (excludes halogenated alkanes) is 8. The zero-order valence-electron chi connectivity index (χ0n) is 30.5. The van der Waals surface area contributed by atoms with Crippen LogP contribution in [-0.2, 0) is 19.1 Å². The van der Waals surface area contributed by atoms with E-state index in [9.17, 15) is 14.7 Å². The van der Waals surface area contributed by atoms with Gasteiger partial charge in [-0.2, -0.15) is 0 Å². The molecule has 0 saturated heterocycles. The average Bonchev–Trinajstić information content (AvgIpc) is 3.09. The normalized spacial score (nSPS) is 13.3. The van der Waals surface area contributed by atoms with E-state index in [1.165, 1.54) is 0 Å². The third-order valence-corrected chi connectivity index (χ3v) is 7.37. The first-order chi connectivity index (χ1) is 23.6. The van der Waals surface area contributed by atoms with E-state index in [1.807, 2.05) is 0 Å². The highest BCUT2D eigenvalue weighted by Crippen LogP contribution is 2.10. The van der Waals surface area contributed by atoms with Crippen LogP contribution in [0.5, 0.6) is 0 Å². The number of hydrogen-bond acceptors (Lipinski definition) is 5. The van der Waals surface area contributed by atoms with Crippen molar-refractivity contribution in [2.45, 2.75) is 148 Å². The minimum absolute atomic E-state index is 0.0969. The van der Waals surface area contributed by atoms with Gasteiger partial charge in [-0.05, 0) is 89.9 Å². The van der Waals surface area contributed by atoms with Gasteiger partial charge in [-0.1, -0.05) is 137 Å². The second-order valence-electron chi connectivity index (χ2n) is 11.9. The largest absolute Gasteiger partial charge is 0.462 e. The lowest BCUT2D eigenvalue weighted by Crippen LogP contribution is -2.28. The van der Waals surface area contributed by atoms with Gasteiger partial charge < -0.3 is 14.6 Å². The fraction of sp³-hybridized carbons (Fsp3) is 0.581. The highest BCUT2D eigenvalue weighted by Gasteiger charge is 2.16. The third-order valence-electron chi connectivity index (χ3n) is 7.37. The predicted octanol–water partition coefficient (Wildman–Crippen LogP) is 11.7. The summed E-state index contributed by atoms with van der Waals surface area (Å²) in [6.45, 7) is 3.84. The van der Waals surface area contributed by atoms with Gasteiger partial charge in [0.25, 0.3) is 0 Å². The molecule has 0 saturated carbocycles. The molecule has 48 heavy (non-hydrogen) atoms. The molecule has 0 unspecified atom stereocenters. The van der Waals surface area contributed by atoms with Crippen molar-refractivity contribution in [1.29, 1.82) is 0 Å². The van der Waals surface area contributed by atoms with Crippen LogP contribution in [0.2, 0.25) is 0 Å². The van der Waals surface area contributed by atoms with Gasteiger partial charge in [-0.25, -0.2) is 0 Å². The standard InChI is InChI=1S/C43H68O5/c1-3-5-7-9-11-13-15-17-19-20-21-22-24-25-27-29-31-33-35-37-42(45)47-40-41(39-44)48-43(46)38-36-34-32-30-28-26-23-18-16-14-12-10-8-6-4-2/h5-8,11-14,17-19,21-23,25,27,41,44H,3-4,9-10,15-16,20,24,26,28-40H2,1-2H3/t41-/m0/s1. The van der Waals surface area contributed by atoms with E-state index in [-0.39, 0.29) is 25.2 Å². The molecule has 5 nitrogen and oxygen atoms in total. The van der Waals surface area contributed by atoms with Gasteiger partial charge in [0, 0.05) is 12.8 Å². The van der Waals surface area contributed by atoms with Crippen molar-refractivity contribution in [3.8, 4) is 0 Å². The van der Waals surface area contributed by atoms with Crippen LogP contribution in [-0.4, -0.2) is 36.4 Å². The molecule has 5 heteroatoms. The highest BCUT2D eigenvalue weighted by molar-refractivity contribution is 5.70. The first-order valence-electron chi connectivity index (χ1n) is 18.8. The van der Waals surface area contributed by atoms with E-state index in [1.54, 1.807) is 0 Å². The zero-order chi connectivity index (χ0) is 35.0. The number of allylic oxidation sites excluding steroid dienone is 16. The Balaban J connectivity index is 3.71. The van der Waals surface area contributed by atoms with Crippen LogP contribution >= 0.6 is 0 Å². The number of hydrogen-bond donors (Lipinski definition) is 1. The minimum Gasteiger partial charge on any atom is -0.462 e. The Morgan fingerprint density at radius 1 is 0.479 bits per heavy atom. The SMILES string of the molecule is CCC=CCC=CCC=CCC=CCC=CCCCCCC(=O)OC[C@H](CO)OC(=O)CCCCCCCC=CCC=CCC=CCC. The van der Waals surface area contributed by atoms with Crippen LogP contribution in [0.3, 0.4) is 0 Å². The third kappa shape index (κ3) is 35.7. The van der Waals surface area contributed by atoms with Crippen LogP contribution in [0.1, 0.15) is 142 Å². The van der Waals surface area contributed by atoms with Crippen molar-refractivity contribution in [2.75, 3.05) is 13.2 Å². The van der Waals surface area contributed by atoms with Gasteiger partial charge in [0.15, 0.2) is 6.10 Å². The molecule has 0 radical (unpaired) electrons. The first kappa shape index (κ1) is 44.8. The van der Waals surface area contributed by atoms with E-state index in [0.29, 0.717) is 12.8 Å². The molecule has 0 aromatic carbocycles. The van der Waals surface area contributed by atoms with Gasteiger partial charge in [0.1, 0.15) is 6.61 Å². The predicted molar refractivity (Wildman–Crippen MR) is 205 cm³/mol. The smallest absolute Gasteiger partial charge is 0.306 e. The maximum atomic E-state index is 12.1. The van der Waals surface area contributed by atoms with Gasteiger partial charge in [0.05, 0.1) is 6.61 Å². The second-order valence-corrected chi connectivity index (χ2v) is 11.9. The molecule has 0 rings (SSSR count). The van der Waals surface area contributed by atoms with E-state index >= 15 is 0 Å². The number of ether oxygens (including phenoxy) is 2. The molecule has 1 atom stereocenters. The van der Waals surface area contributed by atoms with Gasteiger partial charge in [0.2, 0.25) is 0 Å². The van der Waals surface area contributed by atoms with Crippen molar-refractivity contribution >= 4 is 11.9 Å². The lowest BCUT2D eigenvalue weighted by atomic mass is 10.1. The molecule has 0 aliphatic rings. The van der Waals surface area contributed by atoms with E-state index in [4.69, 9.17) is 9.47 Å². The Morgan fingerprint density at radius 2 is 0.833 bits per heavy atom. The molecule has 1 N–H and O–H groups in total. The molecule has 0 spiro atoms. The quantitative estimate of drug-likeness (QED) is 0.0440. The fourth-order valence-corrected chi connectivity index (χ4v) is 4.59. The number of aliphatic hydroxyl groups is 1. The molecule has 0 heterocycles. The van der Waals surface area contributed by atoms with Crippen LogP contribution in [0.4, 0.5) is 0 Å². The molecular weight excluding hydrogens is 596 g/mol. The number of esters is 2. The van der Waals surface area contributed by atoms with E-state index < -0.39 is 6.10 Å². The van der Waals surface area contributed by atoms with Crippen LogP contribution < -0.4 is 0 Å². The topological polar surface area (TPSA) is 72.8 Å². The van der Waals surface area contributed by atoms with Crippen LogP contribution in [0.15, 0.2) is 97.2 Å². The molecule has 270 valence electrons. The molecule has 0 amide bonds. The summed E-state index contributed by atoms with van der Waals surface area (Å²) in [5.41, 5.74) is 0. The summed E-state index contributed by atoms with van der Waals surface area (Å²) in [4.78, 5) is 24.2. The number of rotatable bonds is 32. The van der Waals surface area contributed by atoms with Gasteiger partial charge >= 0.3 is 11.9 Å².